The molecule has 0 spiro atoms. The third kappa shape index (κ3) is 6.62. The Kier molecular flexibility index (Phi) is 6.35. The highest BCUT2D eigenvalue weighted by Crippen LogP contribution is 2.16. The lowest BCUT2D eigenvalue weighted by Gasteiger charge is -2.24. The standard InChI is InChI=1S/C9H17F3N2O2/c1-3-14(6-9(10,11)12)5-7(13)8(15)16-4-2/h7H,3-6,13H2,1-2H3. The fourth-order valence-electron chi connectivity index (χ4n) is 1.16. The van der Waals surface area contributed by atoms with E-state index in [1.807, 2.05) is 0 Å². The summed E-state index contributed by atoms with van der Waals surface area (Å²) < 4.78 is 40.9. The Hall–Kier alpha value is -0.820. The third-order valence-electron chi connectivity index (χ3n) is 1.89. The zero-order valence-electron chi connectivity index (χ0n) is 9.38. The van der Waals surface area contributed by atoms with Crippen molar-refractivity contribution in [3.05, 3.63) is 0 Å². The normalized spacial score (nSPS) is 13.9. The number of halogens is 3. The number of rotatable bonds is 6. The molecule has 7 heteroatoms. The molecule has 0 aromatic heterocycles. The van der Waals surface area contributed by atoms with Crippen molar-refractivity contribution in [2.45, 2.75) is 26.1 Å². The molecule has 0 rings (SSSR count). The first kappa shape index (κ1) is 15.2. The minimum Gasteiger partial charge on any atom is -0.465 e. The number of nitrogens with two attached hydrogens (primary N) is 1. The number of ether oxygens (including phenoxy) is 1. The van der Waals surface area contributed by atoms with Crippen LogP contribution in [0, 0.1) is 0 Å². The van der Waals surface area contributed by atoms with Gasteiger partial charge in [-0.2, -0.15) is 13.2 Å². The highest BCUT2D eigenvalue weighted by molar-refractivity contribution is 5.75. The Bertz CT molecular complexity index is 221. The number of hydrogen-bond donors (Lipinski definition) is 1. The van der Waals surface area contributed by atoms with Crippen LogP contribution in [0.25, 0.3) is 0 Å². The van der Waals surface area contributed by atoms with E-state index in [1.165, 1.54) is 0 Å². The van der Waals surface area contributed by atoms with E-state index in [1.54, 1.807) is 13.8 Å². The van der Waals surface area contributed by atoms with Crippen LogP contribution in [-0.2, 0) is 9.53 Å². The van der Waals surface area contributed by atoms with E-state index >= 15 is 0 Å². The van der Waals surface area contributed by atoms with Crippen molar-refractivity contribution in [1.82, 2.24) is 4.90 Å². The first-order valence-corrected chi connectivity index (χ1v) is 5.01. The summed E-state index contributed by atoms with van der Waals surface area (Å²) in [4.78, 5) is 12.2. The first-order valence-electron chi connectivity index (χ1n) is 5.01. The summed E-state index contributed by atoms with van der Waals surface area (Å²) in [6.45, 7) is 2.29. The van der Waals surface area contributed by atoms with E-state index in [2.05, 4.69) is 4.74 Å². The van der Waals surface area contributed by atoms with Crippen LogP contribution in [0.2, 0.25) is 0 Å². The van der Waals surface area contributed by atoms with Gasteiger partial charge in [-0.05, 0) is 13.5 Å². The van der Waals surface area contributed by atoms with Crippen molar-refractivity contribution in [2.24, 2.45) is 5.73 Å². The van der Waals surface area contributed by atoms with Crippen molar-refractivity contribution in [3.8, 4) is 0 Å². The van der Waals surface area contributed by atoms with Gasteiger partial charge >= 0.3 is 12.1 Å². The highest BCUT2D eigenvalue weighted by Gasteiger charge is 2.31. The molecule has 0 aliphatic rings. The molecule has 0 aliphatic heterocycles. The van der Waals surface area contributed by atoms with Crippen LogP contribution in [-0.4, -0.2) is 49.3 Å². The molecule has 2 N–H and O–H groups in total. The lowest BCUT2D eigenvalue weighted by atomic mass is 10.3. The second-order valence-electron chi connectivity index (χ2n) is 3.30. The molecule has 16 heavy (non-hydrogen) atoms. The number of likely N-dealkylation sites (N-methyl/N-ethyl adjacent to an activating group) is 1. The Labute approximate surface area is 92.5 Å². The van der Waals surface area contributed by atoms with Gasteiger partial charge in [0.05, 0.1) is 13.2 Å². The van der Waals surface area contributed by atoms with Gasteiger partial charge in [-0.1, -0.05) is 6.92 Å². The van der Waals surface area contributed by atoms with Gasteiger partial charge in [-0.15, -0.1) is 0 Å². The first-order chi connectivity index (χ1) is 7.30. The van der Waals surface area contributed by atoms with Gasteiger partial charge in [0.15, 0.2) is 0 Å². The van der Waals surface area contributed by atoms with Crippen LogP contribution >= 0.6 is 0 Å². The summed E-state index contributed by atoms with van der Waals surface area (Å²) in [7, 11) is 0. The Morgan fingerprint density at radius 2 is 2.00 bits per heavy atom. The summed E-state index contributed by atoms with van der Waals surface area (Å²) in [6, 6.07) is -1.04. The summed E-state index contributed by atoms with van der Waals surface area (Å²) in [5.74, 6) is -0.678. The molecule has 1 atom stereocenters. The molecule has 0 saturated heterocycles. The van der Waals surface area contributed by atoms with E-state index in [0.717, 1.165) is 4.90 Å². The van der Waals surface area contributed by atoms with E-state index < -0.39 is 24.7 Å². The van der Waals surface area contributed by atoms with Crippen molar-refractivity contribution < 1.29 is 22.7 Å². The molecule has 0 heterocycles. The number of hydrogen-bond acceptors (Lipinski definition) is 4. The zero-order chi connectivity index (χ0) is 12.8. The molecule has 96 valence electrons. The minimum atomic E-state index is -4.29. The van der Waals surface area contributed by atoms with E-state index in [-0.39, 0.29) is 19.7 Å². The number of carbonyl (C=O) groups excluding carboxylic acids is 1. The Morgan fingerprint density at radius 3 is 2.38 bits per heavy atom. The third-order valence-corrected chi connectivity index (χ3v) is 1.89. The van der Waals surface area contributed by atoms with E-state index in [0.29, 0.717) is 0 Å². The van der Waals surface area contributed by atoms with Crippen molar-refractivity contribution >= 4 is 5.97 Å². The van der Waals surface area contributed by atoms with Crippen LogP contribution in [0.15, 0.2) is 0 Å². The monoisotopic (exact) mass is 242 g/mol. The van der Waals surface area contributed by atoms with Gasteiger partial charge in [0, 0.05) is 6.54 Å². The zero-order valence-corrected chi connectivity index (χ0v) is 9.38. The highest BCUT2D eigenvalue weighted by atomic mass is 19.4. The predicted octanol–water partition coefficient (Wildman–Crippen LogP) is 0.761. The Morgan fingerprint density at radius 1 is 1.44 bits per heavy atom. The number of carbonyl (C=O) groups is 1. The number of alkyl halides is 3. The van der Waals surface area contributed by atoms with Gasteiger partial charge in [0.2, 0.25) is 0 Å². The van der Waals surface area contributed by atoms with Crippen LogP contribution < -0.4 is 5.73 Å². The van der Waals surface area contributed by atoms with Gasteiger partial charge in [0.25, 0.3) is 0 Å². The molecule has 0 amide bonds. The van der Waals surface area contributed by atoms with Crippen LogP contribution in [0.4, 0.5) is 13.2 Å². The van der Waals surface area contributed by atoms with Crippen LogP contribution in [0.5, 0.6) is 0 Å². The molecular weight excluding hydrogens is 225 g/mol. The smallest absolute Gasteiger partial charge is 0.401 e. The lowest BCUT2D eigenvalue weighted by molar-refractivity contribution is -0.152. The lowest BCUT2D eigenvalue weighted by Crippen LogP contribution is -2.46. The maximum Gasteiger partial charge on any atom is 0.401 e. The molecule has 0 aliphatic carbocycles. The van der Waals surface area contributed by atoms with Crippen molar-refractivity contribution in [2.75, 3.05) is 26.2 Å². The SMILES string of the molecule is CCOC(=O)C(N)CN(CC)CC(F)(F)F. The largest absolute Gasteiger partial charge is 0.465 e. The predicted molar refractivity (Wildman–Crippen MR) is 52.8 cm³/mol. The van der Waals surface area contributed by atoms with Crippen molar-refractivity contribution in [1.29, 1.82) is 0 Å². The molecule has 1 unspecified atom stereocenters. The fourth-order valence-corrected chi connectivity index (χ4v) is 1.16. The molecule has 0 bridgehead atoms. The molecular formula is C9H17F3N2O2. The molecule has 4 nitrogen and oxygen atoms in total. The fraction of sp³-hybridized carbons (Fsp3) is 0.889. The average Bonchev–Trinajstić information content (AvgIpc) is 2.14. The Balaban J connectivity index is 4.16. The maximum atomic E-state index is 12.1. The summed E-state index contributed by atoms with van der Waals surface area (Å²) in [6.07, 6.45) is -4.29. The quantitative estimate of drug-likeness (QED) is 0.699. The van der Waals surface area contributed by atoms with Crippen molar-refractivity contribution in [3.63, 3.8) is 0 Å². The summed E-state index contributed by atoms with van der Waals surface area (Å²) in [5, 5.41) is 0. The van der Waals surface area contributed by atoms with Gasteiger partial charge < -0.3 is 10.5 Å². The maximum absolute atomic E-state index is 12.1. The van der Waals surface area contributed by atoms with E-state index in [9.17, 15) is 18.0 Å². The van der Waals surface area contributed by atoms with Crippen LogP contribution in [0.3, 0.4) is 0 Å². The topological polar surface area (TPSA) is 55.6 Å². The van der Waals surface area contributed by atoms with Gasteiger partial charge in [-0.3, -0.25) is 9.69 Å². The molecule has 0 fully saturated rings. The second-order valence-corrected chi connectivity index (χ2v) is 3.30. The molecule has 0 radical (unpaired) electrons. The summed E-state index contributed by atoms with van der Waals surface area (Å²) in [5.41, 5.74) is 5.42. The van der Waals surface area contributed by atoms with Crippen LogP contribution in [0.1, 0.15) is 13.8 Å². The number of esters is 1. The molecule has 0 aromatic rings. The average molecular weight is 242 g/mol. The molecule has 0 saturated carbocycles. The van der Waals surface area contributed by atoms with Gasteiger partial charge in [-0.25, -0.2) is 0 Å². The van der Waals surface area contributed by atoms with E-state index in [4.69, 9.17) is 5.73 Å². The minimum absolute atomic E-state index is 0.158. The molecule has 0 aromatic carbocycles. The second kappa shape index (κ2) is 6.70. The summed E-state index contributed by atoms with van der Waals surface area (Å²) >= 11 is 0. The number of nitrogens with zero attached hydrogens (tertiary/aromatic N) is 1. The van der Waals surface area contributed by atoms with Gasteiger partial charge in [0.1, 0.15) is 6.04 Å².